The van der Waals surface area contributed by atoms with Crippen molar-refractivity contribution < 1.29 is 4.79 Å². The van der Waals surface area contributed by atoms with Crippen LogP contribution in [0.4, 0.5) is 5.82 Å². The van der Waals surface area contributed by atoms with Crippen LogP contribution in [0.25, 0.3) is 11.3 Å². The second-order valence-corrected chi connectivity index (χ2v) is 8.50. The first-order valence-electron chi connectivity index (χ1n) is 11.1. The molecule has 29 heavy (non-hydrogen) atoms. The summed E-state index contributed by atoms with van der Waals surface area (Å²) in [5.74, 6) is 2.00. The molecule has 0 radical (unpaired) electrons. The molecule has 2 fully saturated rings. The molecule has 0 N–H and O–H groups in total. The second kappa shape index (κ2) is 9.38. The molecule has 1 saturated heterocycles. The zero-order chi connectivity index (χ0) is 20.1. The van der Waals surface area contributed by atoms with Gasteiger partial charge in [0.1, 0.15) is 0 Å². The highest BCUT2D eigenvalue weighted by atomic mass is 16.2. The van der Waals surface area contributed by atoms with Crippen molar-refractivity contribution in [2.75, 3.05) is 31.1 Å². The van der Waals surface area contributed by atoms with E-state index in [0.29, 0.717) is 5.91 Å². The predicted octanol–water partition coefficient (Wildman–Crippen LogP) is 4.46. The Morgan fingerprint density at radius 3 is 2.41 bits per heavy atom. The molecule has 1 aromatic heterocycles. The van der Waals surface area contributed by atoms with E-state index < -0.39 is 0 Å². The number of hydrogen-bond donors (Lipinski definition) is 0. The molecule has 0 spiro atoms. The summed E-state index contributed by atoms with van der Waals surface area (Å²) < 4.78 is 0. The minimum atomic E-state index is 0.330. The summed E-state index contributed by atoms with van der Waals surface area (Å²) in [4.78, 5) is 16.9. The molecule has 154 valence electrons. The van der Waals surface area contributed by atoms with Crippen LogP contribution in [0.5, 0.6) is 0 Å². The van der Waals surface area contributed by atoms with Gasteiger partial charge in [-0.2, -0.15) is 0 Å². The third-order valence-electron chi connectivity index (χ3n) is 6.52. The maximum atomic E-state index is 12.6. The van der Waals surface area contributed by atoms with E-state index in [0.717, 1.165) is 62.0 Å². The van der Waals surface area contributed by atoms with Gasteiger partial charge in [-0.1, -0.05) is 56.4 Å². The molecule has 2 heterocycles. The number of hydrogen-bond acceptors (Lipinski definition) is 4. The number of rotatable bonds is 5. The summed E-state index contributed by atoms with van der Waals surface area (Å²) >= 11 is 0. The summed E-state index contributed by atoms with van der Waals surface area (Å²) in [5, 5.41) is 8.91. The summed E-state index contributed by atoms with van der Waals surface area (Å²) in [6, 6.07) is 12.3. The average Bonchev–Trinajstić information content (AvgIpc) is 2.79. The Morgan fingerprint density at radius 1 is 0.966 bits per heavy atom. The quantitative estimate of drug-likeness (QED) is 0.754. The fraction of sp³-hybridized carbons (Fsp3) is 0.542. The third-order valence-corrected chi connectivity index (χ3v) is 6.52. The molecule has 5 heteroatoms. The van der Waals surface area contributed by atoms with E-state index in [2.05, 4.69) is 40.2 Å². The van der Waals surface area contributed by atoms with Gasteiger partial charge in [0.05, 0.1) is 5.69 Å². The van der Waals surface area contributed by atoms with Gasteiger partial charge < -0.3 is 9.80 Å². The number of aromatic nitrogens is 2. The molecule has 2 aliphatic rings. The monoisotopic (exact) mass is 392 g/mol. The lowest BCUT2D eigenvalue weighted by Gasteiger charge is -2.35. The highest BCUT2D eigenvalue weighted by Gasteiger charge is 2.23. The van der Waals surface area contributed by atoms with Crippen LogP contribution in [0, 0.1) is 12.8 Å². The lowest BCUT2D eigenvalue weighted by atomic mass is 9.86. The van der Waals surface area contributed by atoms with Crippen LogP contribution in [0.3, 0.4) is 0 Å². The zero-order valence-corrected chi connectivity index (χ0v) is 17.5. The second-order valence-electron chi connectivity index (χ2n) is 8.50. The van der Waals surface area contributed by atoms with Gasteiger partial charge in [-0.15, -0.1) is 10.2 Å². The highest BCUT2D eigenvalue weighted by molar-refractivity contribution is 5.76. The topological polar surface area (TPSA) is 49.3 Å². The maximum Gasteiger partial charge on any atom is 0.222 e. The van der Waals surface area contributed by atoms with Crippen molar-refractivity contribution in [1.82, 2.24) is 15.1 Å². The van der Waals surface area contributed by atoms with Crippen molar-refractivity contribution in [3.05, 3.63) is 42.0 Å². The van der Waals surface area contributed by atoms with E-state index >= 15 is 0 Å². The summed E-state index contributed by atoms with van der Waals surface area (Å²) in [7, 11) is 0. The average molecular weight is 393 g/mol. The van der Waals surface area contributed by atoms with Gasteiger partial charge >= 0.3 is 0 Å². The number of carbonyl (C=O) groups excluding carboxylic acids is 1. The van der Waals surface area contributed by atoms with Crippen LogP contribution in [-0.4, -0.2) is 47.2 Å². The molecule has 1 saturated carbocycles. The van der Waals surface area contributed by atoms with Crippen LogP contribution in [0.1, 0.15) is 50.5 Å². The number of nitrogens with zero attached hydrogens (tertiary/aromatic N) is 4. The van der Waals surface area contributed by atoms with Gasteiger partial charge in [-0.3, -0.25) is 4.79 Å². The van der Waals surface area contributed by atoms with E-state index in [1.165, 1.54) is 37.7 Å². The van der Waals surface area contributed by atoms with E-state index in [4.69, 9.17) is 0 Å². The Morgan fingerprint density at radius 2 is 1.72 bits per heavy atom. The Labute approximate surface area is 174 Å². The summed E-state index contributed by atoms with van der Waals surface area (Å²) in [6.45, 7) is 5.31. The van der Waals surface area contributed by atoms with Crippen molar-refractivity contribution in [3.63, 3.8) is 0 Å². The number of piperazine rings is 1. The first-order chi connectivity index (χ1) is 14.2. The molecule has 1 aliphatic carbocycles. The lowest BCUT2D eigenvalue weighted by Crippen LogP contribution is -2.49. The van der Waals surface area contributed by atoms with Gasteiger partial charge in [0.2, 0.25) is 5.91 Å². The lowest BCUT2D eigenvalue weighted by molar-refractivity contribution is -0.131. The van der Waals surface area contributed by atoms with Gasteiger partial charge in [0.25, 0.3) is 0 Å². The number of aryl methyl sites for hydroxylation is 1. The highest BCUT2D eigenvalue weighted by Crippen LogP contribution is 2.28. The SMILES string of the molecule is Cc1ccccc1-c1ccc(N2CCN(C(=O)CCC3CCCCC3)CC2)nn1. The molecule has 5 nitrogen and oxygen atoms in total. The molecule has 4 rings (SSSR count). The minimum Gasteiger partial charge on any atom is -0.352 e. The van der Waals surface area contributed by atoms with Gasteiger partial charge in [-0.05, 0) is 37.0 Å². The first kappa shape index (κ1) is 19.9. The van der Waals surface area contributed by atoms with Crippen LogP contribution in [0.2, 0.25) is 0 Å². The summed E-state index contributed by atoms with van der Waals surface area (Å²) in [6.07, 6.45) is 8.50. The smallest absolute Gasteiger partial charge is 0.222 e. The Hall–Kier alpha value is -2.43. The first-order valence-corrected chi connectivity index (χ1v) is 11.1. The van der Waals surface area contributed by atoms with E-state index in [-0.39, 0.29) is 0 Å². The number of carbonyl (C=O) groups is 1. The normalized spacial score (nSPS) is 18.1. The molecular formula is C24H32N4O. The van der Waals surface area contributed by atoms with E-state index in [1.807, 2.05) is 23.1 Å². The van der Waals surface area contributed by atoms with Crippen molar-refractivity contribution in [3.8, 4) is 11.3 Å². The maximum absolute atomic E-state index is 12.6. The van der Waals surface area contributed by atoms with Crippen molar-refractivity contribution in [2.45, 2.75) is 51.9 Å². The zero-order valence-electron chi connectivity index (χ0n) is 17.5. The fourth-order valence-electron chi connectivity index (χ4n) is 4.64. The molecule has 1 aliphatic heterocycles. The minimum absolute atomic E-state index is 0.330. The molecule has 2 aromatic rings. The fourth-order valence-corrected chi connectivity index (χ4v) is 4.64. The Kier molecular flexibility index (Phi) is 6.43. The van der Waals surface area contributed by atoms with Gasteiger partial charge in [0, 0.05) is 38.2 Å². The predicted molar refractivity (Wildman–Crippen MR) is 117 cm³/mol. The summed E-state index contributed by atoms with van der Waals surface area (Å²) in [5.41, 5.74) is 3.23. The number of amides is 1. The molecule has 0 bridgehead atoms. The van der Waals surface area contributed by atoms with E-state index in [9.17, 15) is 4.79 Å². The van der Waals surface area contributed by atoms with Crippen LogP contribution in [-0.2, 0) is 4.79 Å². The van der Waals surface area contributed by atoms with Gasteiger partial charge in [0.15, 0.2) is 5.82 Å². The van der Waals surface area contributed by atoms with Gasteiger partial charge in [-0.25, -0.2) is 0 Å². The Bertz CT molecular complexity index is 806. The van der Waals surface area contributed by atoms with E-state index in [1.54, 1.807) is 0 Å². The number of anilines is 1. The molecule has 0 atom stereocenters. The molecule has 1 amide bonds. The largest absolute Gasteiger partial charge is 0.352 e. The number of benzene rings is 1. The van der Waals surface area contributed by atoms with Crippen LogP contribution < -0.4 is 4.90 Å². The van der Waals surface area contributed by atoms with Crippen molar-refractivity contribution >= 4 is 11.7 Å². The third kappa shape index (κ3) is 4.95. The van der Waals surface area contributed by atoms with Crippen LogP contribution in [0.15, 0.2) is 36.4 Å². The standard InChI is InChI=1S/C24H32N4O/c1-19-7-5-6-10-21(19)22-12-13-23(26-25-22)27-15-17-28(18-16-27)24(29)14-11-20-8-3-2-4-9-20/h5-7,10,12-13,20H,2-4,8-9,11,14-18H2,1H3. The molecule has 1 aromatic carbocycles. The molecular weight excluding hydrogens is 360 g/mol. The van der Waals surface area contributed by atoms with Crippen molar-refractivity contribution in [2.24, 2.45) is 5.92 Å². The molecule has 0 unspecified atom stereocenters. The van der Waals surface area contributed by atoms with Crippen LogP contribution >= 0.6 is 0 Å². The Balaban J connectivity index is 1.28. The van der Waals surface area contributed by atoms with Crippen molar-refractivity contribution in [1.29, 1.82) is 0 Å².